The maximum Gasteiger partial charge on any atom is 0.103 e. The molecule has 1 saturated carbocycles. The van der Waals surface area contributed by atoms with Crippen LogP contribution in [0.1, 0.15) is 50.3 Å². The van der Waals surface area contributed by atoms with Gasteiger partial charge in [-0.15, -0.1) is 0 Å². The Hall–Kier alpha value is -0.860. The molecular weight excluding hydrogens is 236 g/mol. The minimum atomic E-state index is -0.506. The normalized spacial score (nSPS) is 29.2. The summed E-state index contributed by atoms with van der Waals surface area (Å²) in [6, 6.07) is 7.98. The molecule has 1 aromatic carbocycles. The van der Waals surface area contributed by atoms with Crippen LogP contribution in [0.4, 0.5) is 0 Å². The topological polar surface area (TPSA) is 29.5 Å². The molecule has 0 radical (unpaired) electrons. The first kappa shape index (κ1) is 14.5. The molecule has 0 spiro atoms. The Morgan fingerprint density at radius 2 is 1.79 bits per heavy atom. The van der Waals surface area contributed by atoms with Gasteiger partial charge in [-0.1, -0.05) is 38.1 Å². The molecule has 3 unspecified atom stereocenters. The first-order chi connectivity index (χ1) is 9.06. The second-order valence-corrected chi connectivity index (χ2v) is 6.25. The van der Waals surface area contributed by atoms with Gasteiger partial charge in [-0.05, 0) is 49.1 Å². The first-order valence-corrected chi connectivity index (χ1v) is 7.41. The number of hydrogen-bond acceptors (Lipinski definition) is 2. The highest BCUT2D eigenvalue weighted by atomic mass is 16.5. The molecule has 1 N–H and O–H groups in total. The zero-order valence-electron chi connectivity index (χ0n) is 12.3. The third-order valence-corrected chi connectivity index (χ3v) is 4.17. The molecule has 2 rings (SSSR count). The maximum atomic E-state index is 10.2. The number of rotatable bonds is 4. The fraction of sp³-hybridized carbons (Fsp3) is 0.647. The predicted octanol–water partition coefficient (Wildman–Crippen LogP) is 3.87. The van der Waals surface area contributed by atoms with Gasteiger partial charge in [0.25, 0.3) is 0 Å². The van der Waals surface area contributed by atoms with Crippen molar-refractivity contribution >= 4 is 0 Å². The molecule has 0 amide bonds. The zero-order valence-corrected chi connectivity index (χ0v) is 12.3. The summed E-state index contributed by atoms with van der Waals surface area (Å²) in [5.41, 5.74) is 2.11. The largest absolute Gasteiger partial charge is 0.386 e. The summed E-state index contributed by atoms with van der Waals surface area (Å²) < 4.78 is 5.94. The van der Waals surface area contributed by atoms with Crippen LogP contribution < -0.4 is 0 Å². The van der Waals surface area contributed by atoms with E-state index in [1.54, 1.807) is 0 Å². The van der Waals surface area contributed by atoms with Gasteiger partial charge in [0.1, 0.15) is 6.10 Å². The minimum Gasteiger partial charge on any atom is -0.386 e. The van der Waals surface area contributed by atoms with Crippen LogP contribution in [0.15, 0.2) is 24.3 Å². The van der Waals surface area contributed by atoms with Crippen molar-refractivity contribution in [2.45, 2.75) is 52.2 Å². The Balaban J connectivity index is 1.87. The molecule has 2 heteroatoms. The smallest absolute Gasteiger partial charge is 0.103 e. The molecule has 1 fully saturated rings. The van der Waals surface area contributed by atoms with Crippen LogP contribution in [0.3, 0.4) is 0 Å². The molecular formula is C17H26O2. The van der Waals surface area contributed by atoms with E-state index in [1.807, 2.05) is 31.2 Å². The Labute approximate surface area is 116 Å². The molecule has 1 aliphatic rings. The molecule has 0 aromatic heterocycles. The van der Waals surface area contributed by atoms with E-state index in [2.05, 4.69) is 13.8 Å². The van der Waals surface area contributed by atoms with E-state index in [0.29, 0.717) is 12.7 Å². The van der Waals surface area contributed by atoms with Crippen molar-refractivity contribution in [2.24, 2.45) is 11.8 Å². The number of benzene rings is 1. The summed E-state index contributed by atoms with van der Waals surface area (Å²) >= 11 is 0. The van der Waals surface area contributed by atoms with Gasteiger partial charge < -0.3 is 9.84 Å². The van der Waals surface area contributed by atoms with E-state index in [4.69, 9.17) is 4.74 Å². The summed E-state index contributed by atoms with van der Waals surface area (Å²) in [7, 11) is 0. The van der Waals surface area contributed by atoms with Gasteiger partial charge in [0, 0.05) is 0 Å². The lowest BCUT2D eigenvalue weighted by atomic mass is 9.82. The second-order valence-electron chi connectivity index (χ2n) is 6.25. The molecule has 1 aromatic rings. The van der Waals surface area contributed by atoms with Crippen molar-refractivity contribution in [3.8, 4) is 0 Å². The number of hydrogen-bond donors (Lipinski definition) is 1. The molecule has 2 nitrogen and oxygen atoms in total. The summed E-state index contributed by atoms with van der Waals surface area (Å²) in [5, 5.41) is 10.2. The fourth-order valence-electron chi connectivity index (χ4n) is 3.29. The summed E-state index contributed by atoms with van der Waals surface area (Å²) in [4.78, 5) is 0. The van der Waals surface area contributed by atoms with Gasteiger partial charge in [0.15, 0.2) is 0 Å². The average molecular weight is 262 g/mol. The van der Waals surface area contributed by atoms with E-state index in [9.17, 15) is 5.11 Å². The molecule has 19 heavy (non-hydrogen) atoms. The molecule has 0 saturated heterocycles. The first-order valence-electron chi connectivity index (χ1n) is 7.41. The van der Waals surface area contributed by atoms with E-state index >= 15 is 0 Å². The van der Waals surface area contributed by atoms with Crippen molar-refractivity contribution in [1.82, 2.24) is 0 Å². The Morgan fingerprint density at radius 1 is 1.16 bits per heavy atom. The highest BCUT2D eigenvalue weighted by Gasteiger charge is 2.25. The Morgan fingerprint density at radius 3 is 2.42 bits per heavy atom. The van der Waals surface area contributed by atoms with E-state index in [-0.39, 0.29) is 0 Å². The van der Waals surface area contributed by atoms with Gasteiger partial charge >= 0.3 is 0 Å². The van der Waals surface area contributed by atoms with Crippen LogP contribution in [0.25, 0.3) is 0 Å². The standard InChI is InChI=1S/C17H26O2/c1-12-8-13(2)10-15(9-12)19-11-17(18)16-7-5-4-6-14(16)3/h4-7,12-13,15,17-18H,8-11H2,1-3H3. The van der Waals surface area contributed by atoms with Crippen molar-refractivity contribution in [1.29, 1.82) is 0 Å². The third kappa shape index (κ3) is 4.05. The average Bonchev–Trinajstić information content (AvgIpc) is 2.35. The number of aryl methyl sites for hydroxylation is 1. The van der Waals surface area contributed by atoms with Crippen molar-refractivity contribution in [3.05, 3.63) is 35.4 Å². The Bertz CT molecular complexity index is 392. The van der Waals surface area contributed by atoms with Gasteiger partial charge in [-0.25, -0.2) is 0 Å². The minimum absolute atomic E-state index is 0.317. The summed E-state index contributed by atoms with van der Waals surface area (Å²) in [6.07, 6.45) is 3.38. The second kappa shape index (κ2) is 6.53. The van der Waals surface area contributed by atoms with Gasteiger partial charge in [0.05, 0.1) is 12.7 Å². The SMILES string of the molecule is Cc1ccccc1C(O)COC1CC(C)CC(C)C1. The van der Waals surface area contributed by atoms with Crippen LogP contribution in [-0.2, 0) is 4.74 Å². The highest BCUT2D eigenvalue weighted by molar-refractivity contribution is 5.27. The monoisotopic (exact) mass is 262 g/mol. The van der Waals surface area contributed by atoms with Crippen LogP contribution in [0, 0.1) is 18.8 Å². The number of aliphatic hydroxyl groups excluding tert-OH is 1. The highest BCUT2D eigenvalue weighted by Crippen LogP contribution is 2.31. The van der Waals surface area contributed by atoms with Gasteiger partial charge in [-0.2, -0.15) is 0 Å². The van der Waals surface area contributed by atoms with Gasteiger partial charge in [-0.3, -0.25) is 0 Å². The summed E-state index contributed by atoms with van der Waals surface area (Å²) in [5.74, 6) is 1.48. The van der Waals surface area contributed by atoms with E-state index < -0.39 is 6.10 Å². The lowest BCUT2D eigenvalue weighted by molar-refractivity contribution is -0.0413. The third-order valence-electron chi connectivity index (χ3n) is 4.17. The van der Waals surface area contributed by atoms with E-state index in [0.717, 1.165) is 35.8 Å². The quantitative estimate of drug-likeness (QED) is 0.892. The maximum absolute atomic E-state index is 10.2. The molecule has 1 aliphatic carbocycles. The Kier molecular flexibility index (Phi) is 5.00. The summed E-state index contributed by atoms with van der Waals surface area (Å²) in [6.45, 7) is 7.03. The molecule has 0 heterocycles. The molecule has 106 valence electrons. The lowest BCUT2D eigenvalue weighted by Gasteiger charge is -2.32. The zero-order chi connectivity index (χ0) is 13.8. The van der Waals surface area contributed by atoms with Crippen molar-refractivity contribution in [2.75, 3.05) is 6.61 Å². The molecule has 3 atom stereocenters. The fourth-order valence-corrected chi connectivity index (χ4v) is 3.29. The predicted molar refractivity (Wildman–Crippen MR) is 78.1 cm³/mol. The van der Waals surface area contributed by atoms with Gasteiger partial charge in [0.2, 0.25) is 0 Å². The van der Waals surface area contributed by atoms with Crippen molar-refractivity contribution < 1.29 is 9.84 Å². The van der Waals surface area contributed by atoms with Crippen LogP contribution in [0.5, 0.6) is 0 Å². The number of aliphatic hydroxyl groups is 1. The molecule has 0 aliphatic heterocycles. The van der Waals surface area contributed by atoms with Crippen molar-refractivity contribution in [3.63, 3.8) is 0 Å². The lowest BCUT2D eigenvalue weighted by Crippen LogP contribution is -2.27. The van der Waals surface area contributed by atoms with Crippen LogP contribution in [-0.4, -0.2) is 17.8 Å². The van der Waals surface area contributed by atoms with Crippen LogP contribution >= 0.6 is 0 Å². The van der Waals surface area contributed by atoms with Crippen LogP contribution in [0.2, 0.25) is 0 Å². The number of ether oxygens (including phenoxy) is 1. The van der Waals surface area contributed by atoms with E-state index in [1.165, 1.54) is 6.42 Å². The molecule has 0 bridgehead atoms.